The van der Waals surface area contributed by atoms with Crippen molar-refractivity contribution >= 4 is 23.5 Å². The minimum Gasteiger partial charge on any atom is -0.455 e. The van der Waals surface area contributed by atoms with Gasteiger partial charge in [-0.05, 0) is 36.8 Å². The summed E-state index contributed by atoms with van der Waals surface area (Å²) in [5.74, 6) is 0.781. The zero-order valence-electron chi connectivity index (χ0n) is 11.8. The lowest BCUT2D eigenvalue weighted by atomic mass is 10.2. The molecule has 0 N–H and O–H groups in total. The molecule has 0 aliphatic heterocycles. The first-order valence-corrected chi connectivity index (χ1v) is 6.35. The van der Waals surface area contributed by atoms with E-state index in [2.05, 4.69) is 9.98 Å². The summed E-state index contributed by atoms with van der Waals surface area (Å²) in [4.78, 5) is 27.9. The Bertz CT molecular complexity index is 760. The Balaban J connectivity index is 2.09. The van der Waals surface area contributed by atoms with Crippen LogP contribution in [-0.4, -0.2) is 19.0 Å². The summed E-state index contributed by atoms with van der Waals surface area (Å²) in [6.07, 6.45) is 2.94. The van der Waals surface area contributed by atoms with E-state index in [-0.39, 0.29) is 6.79 Å². The molecule has 0 aliphatic rings. The van der Waals surface area contributed by atoms with Crippen molar-refractivity contribution in [3.8, 4) is 11.5 Å². The normalized spacial score (nSPS) is 9.32. The number of benzene rings is 2. The molecular formula is C16H12N2O4. The molecule has 0 spiro atoms. The molecule has 0 aliphatic carbocycles. The quantitative estimate of drug-likeness (QED) is 0.465. The van der Waals surface area contributed by atoms with Crippen molar-refractivity contribution in [3.63, 3.8) is 0 Å². The van der Waals surface area contributed by atoms with E-state index in [0.29, 0.717) is 22.9 Å². The number of aliphatic imine (C=N–C) groups is 2. The third-order valence-electron chi connectivity index (χ3n) is 2.74. The van der Waals surface area contributed by atoms with Crippen LogP contribution in [0.1, 0.15) is 5.56 Å². The molecular weight excluding hydrogens is 284 g/mol. The highest BCUT2D eigenvalue weighted by atomic mass is 16.7. The van der Waals surface area contributed by atoms with Gasteiger partial charge in [-0.3, -0.25) is 0 Å². The van der Waals surface area contributed by atoms with E-state index in [1.165, 1.54) is 12.2 Å². The standard InChI is InChI=1S/C16H12N2O4/c1-12-6-7-16(14(8-12)18-10-20)22-11-21-15-5-3-2-4-13(15)17-9-19/h2-8H,11H2,1H3. The van der Waals surface area contributed by atoms with Crippen molar-refractivity contribution in [2.45, 2.75) is 6.92 Å². The van der Waals surface area contributed by atoms with Crippen molar-refractivity contribution in [2.24, 2.45) is 9.98 Å². The second-order valence-electron chi connectivity index (χ2n) is 4.25. The van der Waals surface area contributed by atoms with E-state index in [1.807, 2.05) is 13.0 Å². The maximum Gasteiger partial charge on any atom is 0.240 e. The largest absolute Gasteiger partial charge is 0.455 e. The Hall–Kier alpha value is -3.20. The topological polar surface area (TPSA) is 77.3 Å². The van der Waals surface area contributed by atoms with Gasteiger partial charge in [0.15, 0.2) is 0 Å². The van der Waals surface area contributed by atoms with Gasteiger partial charge in [0, 0.05) is 0 Å². The zero-order chi connectivity index (χ0) is 15.8. The number of isocyanates is 2. The molecule has 6 nitrogen and oxygen atoms in total. The summed E-state index contributed by atoms with van der Waals surface area (Å²) in [6.45, 7) is 1.74. The monoisotopic (exact) mass is 296 g/mol. The lowest BCUT2D eigenvalue weighted by molar-refractivity contribution is 0.121. The van der Waals surface area contributed by atoms with Gasteiger partial charge in [-0.1, -0.05) is 18.2 Å². The number of carbonyl (C=O) groups excluding carboxylic acids is 2. The third-order valence-corrected chi connectivity index (χ3v) is 2.74. The van der Waals surface area contributed by atoms with Gasteiger partial charge < -0.3 is 9.47 Å². The summed E-state index contributed by atoms with van der Waals surface area (Å²) in [7, 11) is 0. The number of aryl methyl sites for hydroxylation is 1. The first-order valence-electron chi connectivity index (χ1n) is 6.35. The van der Waals surface area contributed by atoms with E-state index in [0.717, 1.165) is 5.56 Å². The number of para-hydroxylation sites is 2. The zero-order valence-corrected chi connectivity index (χ0v) is 11.8. The van der Waals surface area contributed by atoms with Crippen LogP contribution in [0.4, 0.5) is 11.4 Å². The molecule has 0 atom stereocenters. The third kappa shape index (κ3) is 3.90. The van der Waals surface area contributed by atoms with Gasteiger partial charge in [0.05, 0.1) is 0 Å². The van der Waals surface area contributed by atoms with Gasteiger partial charge >= 0.3 is 0 Å². The minimum atomic E-state index is -0.129. The maximum absolute atomic E-state index is 10.4. The predicted octanol–water partition coefficient (Wildman–Crippen LogP) is 3.34. The van der Waals surface area contributed by atoms with Crippen LogP contribution in [0.25, 0.3) is 0 Å². The molecule has 0 heterocycles. The highest BCUT2D eigenvalue weighted by Gasteiger charge is 2.05. The molecule has 2 aromatic carbocycles. The van der Waals surface area contributed by atoms with Gasteiger partial charge in [0.1, 0.15) is 22.9 Å². The molecule has 2 rings (SSSR count). The molecule has 0 bridgehead atoms. The fourth-order valence-electron chi connectivity index (χ4n) is 1.76. The first-order chi connectivity index (χ1) is 10.7. The maximum atomic E-state index is 10.4. The van der Waals surface area contributed by atoms with Gasteiger partial charge in [0.2, 0.25) is 19.0 Å². The molecule has 0 fully saturated rings. The van der Waals surface area contributed by atoms with E-state index >= 15 is 0 Å². The van der Waals surface area contributed by atoms with E-state index < -0.39 is 0 Å². The molecule has 22 heavy (non-hydrogen) atoms. The Morgan fingerprint density at radius 3 is 2.27 bits per heavy atom. The number of hydrogen-bond donors (Lipinski definition) is 0. The summed E-state index contributed by atoms with van der Waals surface area (Å²) >= 11 is 0. The summed E-state index contributed by atoms with van der Waals surface area (Å²) in [6, 6.07) is 11.9. The predicted molar refractivity (Wildman–Crippen MR) is 79.3 cm³/mol. The Labute approximate surface area is 126 Å². The fraction of sp³-hybridized carbons (Fsp3) is 0.125. The lowest BCUT2D eigenvalue weighted by Crippen LogP contribution is -2.05. The second-order valence-corrected chi connectivity index (χ2v) is 4.25. The minimum absolute atomic E-state index is 0.129. The average molecular weight is 296 g/mol. The fourth-order valence-corrected chi connectivity index (χ4v) is 1.76. The Morgan fingerprint density at radius 2 is 1.55 bits per heavy atom. The molecule has 0 aromatic heterocycles. The second kappa shape index (κ2) is 7.55. The number of hydrogen-bond acceptors (Lipinski definition) is 6. The van der Waals surface area contributed by atoms with E-state index in [9.17, 15) is 9.59 Å². The van der Waals surface area contributed by atoms with Crippen LogP contribution < -0.4 is 9.47 Å². The number of rotatable bonds is 6. The molecule has 0 radical (unpaired) electrons. The Morgan fingerprint density at radius 1 is 0.909 bits per heavy atom. The number of nitrogens with zero attached hydrogens (tertiary/aromatic N) is 2. The molecule has 0 amide bonds. The average Bonchev–Trinajstić information content (AvgIpc) is 2.52. The first kappa shape index (κ1) is 15.2. The van der Waals surface area contributed by atoms with Gasteiger partial charge in [-0.15, -0.1) is 0 Å². The van der Waals surface area contributed by atoms with Crippen molar-refractivity contribution in [2.75, 3.05) is 6.79 Å². The number of ether oxygens (including phenoxy) is 2. The molecule has 0 saturated heterocycles. The van der Waals surface area contributed by atoms with Crippen LogP contribution in [0.5, 0.6) is 11.5 Å². The highest BCUT2D eigenvalue weighted by Crippen LogP contribution is 2.29. The van der Waals surface area contributed by atoms with Crippen molar-refractivity contribution in [1.29, 1.82) is 0 Å². The van der Waals surface area contributed by atoms with Gasteiger partial charge in [-0.25, -0.2) is 9.59 Å². The summed E-state index contributed by atoms with van der Waals surface area (Å²) < 4.78 is 10.9. The summed E-state index contributed by atoms with van der Waals surface area (Å²) in [5.41, 5.74) is 1.67. The highest BCUT2D eigenvalue weighted by molar-refractivity contribution is 5.59. The molecule has 110 valence electrons. The van der Waals surface area contributed by atoms with Crippen LogP contribution >= 0.6 is 0 Å². The van der Waals surface area contributed by atoms with E-state index in [1.54, 1.807) is 36.4 Å². The van der Waals surface area contributed by atoms with Crippen molar-refractivity contribution in [1.82, 2.24) is 0 Å². The van der Waals surface area contributed by atoms with Crippen molar-refractivity contribution < 1.29 is 19.1 Å². The van der Waals surface area contributed by atoms with E-state index in [4.69, 9.17) is 9.47 Å². The van der Waals surface area contributed by atoms with Crippen LogP contribution in [0.2, 0.25) is 0 Å². The van der Waals surface area contributed by atoms with Crippen LogP contribution in [-0.2, 0) is 9.59 Å². The van der Waals surface area contributed by atoms with Crippen LogP contribution in [0.15, 0.2) is 52.4 Å². The smallest absolute Gasteiger partial charge is 0.240 e. The Kier molecular flexibility index (Phi) is 5.21. The van der Waals surface area contributed by atoms with Crippen LogP contribution in [0.3, 0.4) is 0 Å². The SMILES string of the molecule is Cc1ccc(OCOc2ccccc2N=C=O)c(N=C=O)c1. The van der Waals surface area contributed by atoms with Gasteiger partial charge in [0.25, 0.3) is 0 Å². The van der Waals surface area contributed by atoms with Gasteiger partial charge in [-0.2, -0.15) is 9.98 Å². The molecule has 0 saturated carbocycles. The molecule has 2 aromatic rings. The molecule has 6 heteroatoms. The molecule has 0 unspecified atom stereocenters. The lowest BCUT2D eigenvalue weighted by Gasteiger charge is -2.11. The van der Waals surface area contributed by atoms with Crippen LogP contribution in [0, 0.1) is 6.92 Å². The van der Waals surface area contributed by atoms with Crippen molar-refractivity contribution in [3.05, 3.63) is 48.0 Å². The summed E-state index contributed by atoms with van der Waals surface area (Å²) in [5, 5.41) is 0.